The maximum absolute atomic E-state index is 12.4. The van der Waals surface area contributed by atoms with Crippen molar-refractivity contribution in [2.45, 2.75) is 12.3 Å². The van der Waals surface area contributed by atoms with Gasteiger partial charge in [0.15, 0.2) is 0 Å². The van der Waals surface area contributed by atoms with E-state index in [1.807, 2.05) is 60.7 Å². The molecule has 0 aliphatic carbocycles. The van der Waals surface area contributed by atoms with Gasteiger partial charge >= 0.3 is 11.9 Å². The fraction of sp³-hybridized carbons (Fsp3) is 0.211. The van der Waals surface area contributed by atoms with Crippen LogP contribution in [0.3, 0.4) is 0 Å². The van der Waals surface area contributed by atoms with Gasteiger partial charge in [-0.1, -0.05) is 60.7 Å². The van der Waals surface area contributed by atoms with Gasteiger partial charge in [-0.2, -0.15) is 0 Å². The predicted molar refractivity (Wildman–Crippen MR) is 93.3 cm³/mol. The molecule has 2 rings (SSSR count). The molecular formula is C19H21NO5. The molecular weight excluding hydrogens is 322 g/mol. The van der Waals surface area contributed by atoms with Gasteiger partial charge in [-0.25, -0.2) is 0 Å². The average molecular weight is 343 g/mol. The van der Waals surface area contributed by atoms with Crippen molar-refractivity contribution in [1.82, 2.24) is 4.90 Å². The molecule has 0 aliphatic heterocycles. The molecule has 25 heavy (non-hydrogen) atoms. The number of nitrogens with zero attached hydrogens (tertiary/aromatic N) is 1. The second kappa shape index (κ2) is 9.87. The van der Waals surface area contributed by atoms with Crippen molar-refractivity contribution in [3.63, 3.8) is 0 Å². The van der Waals surface area contributed by atoms with Gasteiger partial charge in [0.05, 0.1) is 5.92 Å². The zero-order chi connectivity index (χ0) is 18.8. The molecule has 0 aromatic heterocycles. The lowest BCUT2D eigenvalue weighted by molar-refractivity contribution is -0.147. The van der Waals surface area contributed by atoms with Crippen LogP contribution in [0.1, 0.15) is 23.5 Å². The smallest absolute Gasteiger partial charge is 0.314 e. The highest BCUT2D eigenvalue weighted by Gasteiger charge is 2.23. The van der Waals surface area contributed by atoms with E-state index in [2.05, 4.69) is 0 Å². The Hall–Kier alpha value is -3.15. The minimum absolute atomic E-state index is 0.104. The fourth-order valence-corrected chi connectivity index (χ4v) is 2.16. The first-order chi connectivity index (χ1) is 11.8. The lowest BCUT2D eigenvalue weighted by Crippen LogP contribution is -2.28. The van der Waals surface area contributed by atoms with Gasteiger partial charge in [0.2, 0.25) is 5.91 Å². The van der Waals surface area contributed by atoms with E-state index in [0.29, 0.717) is 0 Å². The average Bonchev–Trinajstić information content (AvgIpc) is 2.56. The SMILES string of the molecule is CN(C)C(=O)C(c1ccccc1)c1ccccc1.O=C(O)CC(=O)O. The number of benzene rings is 2. The van der Waals surface area contributed by atoms with Gasteiger partial charge in [-0.05, 0) is 11.1 Å². The molecule has 6 heteroatoms. The highest BCUT2D eigenvalue weighted by atomic mass is 16.4. The summed E-state index contributed by atoms with van der Waals surface area (Å²) in [5, 5.41) is 15.4. The van der Waals surface area contributed by atoms with Crippen LogP contribution in [-0.4, -0.2) is 47.1 Å². The molecule has 0 saturated heterocycles. The molecule has 0 atom stereocenters. The molecule has 0 bridgehead atoms. The number of likely N-dealkylation sites (N-methyl/N-ethyl adjacent to an activating group) is 1. The van der Waals surface area contributed by atoms with E-state index in [-0.39, 0.29) is 11.8 Å². The van der Waals surface area contributed by atoms with Crippen LogP contribution >= 0.6 is 0 Å². The minimum atomic E-state index is -1.31. The quantitative estimate of drug-likeness (QED) is 0.813. The van der Waals surface area contributed by atoms with E-state index in [1.165, 1.54) is 0 Å². The number of hydrogen-bond acceptors (Lipinski definition) is 3. The van der Waals surface area contributed by atoms with Crippen molar-refractivity contribution in [3.8, 4) is 0 Å². The number of carboxylic acids is 2. The highest BCUT2D eigenvalue weighted by molar-refractivity contribution is 5.88. The number of amides is 1. The molecule has 0 aliphatic rings. The van der Waals surface area contributed by atoms with Crippen LogP contribution in [0.15, 0.2) is 60.7 Å². The topological polar surface area (TPSA) is 94.9 Å². The molecule has 0 heterocycles. The summed E-state index contributed by atoms with van der Waals surface area (Å²) in [5.74, 6) is -2.74. The van der Waals surface area contributed by atoms with Crippen molar-refractivity contribution in [1.29, 1.82) is 0 Å². The number of carbonyl (C=O) groups is 3. The van der Waals surface area contributed by atoms with Crippen molar-refractivity contribution in [3.05, 3.63) is 71.8 Å². The monoisotopic (exact) mass is 343 g/mol. The van der Waals surface area contributed by atoms with Crippen molar-refractivity contribution >= 4 is 17.8 Å². The summed E-state index contributed by atoms with van der Waals surface area (Å²) >= 11 is 0. The maximum Gasteiger partial charge on any atom is 0.314 e. The van der Waals surface area contributed by atoms with Crippen LogP contribution in [0.2, 0.25) is 0 Å². The molecule has 0 unspecified atom stereocenters. The number of hydrogen-bond donors (Lipinski definition) is 2. The molecule has 2 aromatic carbocycles. The van der Waals surface area contributed by atoms with E-state index >= 15 is 0 Å². The third-order valence-electron chi connectivity index (χ3n) is 3.26. The van der Waals surface area contributed by atoms with Gasteiger partial charge in [-0.3, -0.25) is 14.4 Å². The molecule has 132 valence electrons. The Balaban J connectivity index is 0.000000381. The van der Waals surface area contributed by atoms with Crippen LogP contribution in [0.5, 0.6) is 0 Å². The Morgan fingerprint density at radius 1 is 0.800 bits per heavy atom. The Kier molecular flexibility index (Phi) is 7.86. The summed E-state index contributed by atoms with van der Waals surface area (Å²) in [6.07, 6.45) is -0.806. The predicted octanol–water partition coefficient (Wildman–Crippen LogP) is 2.45. The summed E-state index contributed by atoms with van der Waals surface area (Å²) in [6.45, 7) is 0. The first-order valence-corrected chi connectivity index (χ1v) is 7.57. The molecule has 0 spiro atoms. The standard InChI is InChI=1S/C16H17NO.C3H4O4/c1-17(2)16(18)15(13-9-5-3-6-10-13)14-11-7-4-8-12-14;4-2(5)1-3(6)7/h3-12,15H,1-2H3;1H2,(H,4,5)(H,6,7). The van der Waals surface area contributed by atoms with Crippen LogP contribution in [0, 0.1) is 0 Å². The Bertz CT molecular complexity index is 647. The largest absolute Gasteiger partial charge is 0.481 e. The van der Waals surface area contributed by atoms with Crippen LogP contribution in [-0.2, 0) is 14.4 Å². The van der Waals surface area contributed by atoms with Gasteiger partial charge in [0, 0.05) is 14.1 Å². The van der Waals surface area contributed by atoms with E-state index in [1.54, 1.807) is 19.0 Å². The van der Waals surface area contributed by atoms with Gasteiger partial charge in [0.1, 0.15) is 6.42 Å². The van der Waals surface area contributed by atoms with E-state index in [9.17, 15) is 14.4 Å². The normalized spacial score (nSPS) is 9.72. The summed E-state index contributed by atoms with van der Waals surface area (Å²) < 4.78 is 0. The molecule has 1 amide bonds. The summed E-state index contributed by atoms with van der Waals surface area (Å²) in [6, 6.07) is 19.8. The number of carbonyl (C=O) groups excluding carboxylic acids is 1. The maximum atomic E-state index is 12.4. The second-order valence-corrected chi connectivity index (χ2v) is 5.45. The van der Waals surface area contributed by atoms with Gasteiger partial charge in [-0.15, -0.1) is 0 Å². The number of aliphatic carboxylic acids is 2. The van der Waals surface area contributed by atoms with E-state index < -0.39 is 18.4 Å². The number of carboxylic acid groups (broad SMARTS) is 2. The highest BCUT2D eigenvalue weighted by Crippen LogP contribution is 2.25. The fourth-order valence-electron chi connectivity index (χ4n) is 2.16. The summed E-state index contributed by atoms with van der Waals surface area (Å²) in [4.78, 5) is 32.9. The Labute approximate surface area is 146 Å². The number of rotatable bonds is 5. The second-order valence-electron chi connectivity index (χ2n) is 5.45. The van der Waals surface area contributed by atoms with Gasteiger partial charge in [0.25, 0.3) is 0 Å². The summed E-state index contributed by atoms with van der Waals surface area (Å²) in [7, 11) is 3.59. The Morgan fingerprint density at radius 2 is 1.16 bits per heavy atom. The zero-order valence-corrected chi connectivity index (χ0v) is 14.1. The van der Waals surface area contributed by atoms with Gasteiger partial charge < -0.3 is 15.1 Å². The van der Waals surface area contributed by atoms with Crippen LogP contribution < -0.4 is 0 Å². The summed E-state index contributed by atoms with van der Waals surface area (Å²) in [5.41, 5.74) is 2.06. The zero-order valence-electron chi connectivity index (χ0n) is 14.1. The van der Waals surface area contributed by atoms with Crippen molar-refractivity contribution in [2.24, 2.45) is 0 Å². The van der Waals surface area contributed by atoms with E-state index in [4.69, 9.17) is 10.2 Å². The molecule has 0 radical (unpaired) electrons. The minimum Gasteiger partial charge on any atom is -0.481 e. The molecule has 6 nitrogen and oxygen atoms in total. The first kappa shape index (κ1) is 19.9. The molecule has 0 fully saturated rings. The molecule has 2 N–H and O–H groups in total. The third-order valence-corrected chi connectivity index (χ3v) is 3.26. The van der Waals surface area contributed by atoms with Crippen LogP contribution in [0.25, 0.3) is 0 Å². The van der Waals surface area contributed by atoms with Crippen LogP contribution in [0.4, 0.5) is 0 Å². The first-order valence-electron chi connectivity index (χ1n) is 7.57. The van der Waals surface area contributed by atoms with Crippen molar-refractivity contribution < 1.29 is 24.6 Å². The molecule has 2 aromatic rings. The van der Waals surface area contributed by atoms with E-state index in [0.717, 1.165) is 11.1 Å². The van der Waals surface area contributed by atoms with Crippen molar-refractivity contribution in [2.75, 3.05) is 14.1 Å². The lowest BCUT2D eigenvalue weighted by atomic mass is 9.90. The molecule has 0 saturated carbocycles. The Morgan fingerprint density at radius 3 is 1.40 bits per heavy atom. The lowest BCUT2D eigenvalue weighted by Gasteiger charge is -2.21. The third kappa shape index (κ3) is 6.87.